The first-order valence-corrected chi connectivity index (χ1v) is 8.97. The molecular weight excluding hydrogens is 342 g/mol. The lowest BCUT2D eigenvalue weighted by molar-refractivity contribution is 0.837. The van der Waals surface area contributed by atoms with E-state index in [-0.39, 0.29) is 0 Å². The Morgan fingerprint density at radius 2 is 2.04 bits per heavy atom. The Morgan fingerprint density at radius 3 is 2.75 bits per heavy atom. The third kappa shape index (κ3) is 2.47. The molecule has 0 radical (unpaired) electrons. The number of aromatic nitrogens is 3. The summed E-state index contributed by atoms with van der Waals surface area (Å²) in [5, 5.41) is 10.3. The second-order valence-electron chi connectivity index (χ2n) is 5.53. The Labute approximate surface area is 148 Å². The average molecular weight is 358 g/mol. The maximum absolute atomic E-state index is 6.03. The van der Waals surface area contributed by atoms with E-state index in [0.717, 1.165) is 44.9 Å². The Balaban J connectivity index is 1.94. The fraction of sp³-hybridized carbons (Fsp3) is 0.235. The highest BCUT2D eigenvalue weighted by Gasteiger charge is 2.24. The van der Waals surface area contributed by atoms with Crippen molar-refractivity contribution in [2.75, 3.05) is 0 Å². The standard InChI is InChI=1S/C17H16ClN5S/c1-2-12-7-13-16(10-3-5-11(18)6-4-10)20-9-15-22-21-14(8-19)23(15)17(13)24-12/h3-7H,2,8-9,19H2,1H3. The van der Waals surface area contributed by atoms with Gasteiger partial charge in [-0.3, -0.25) is 9.56 Å². The Hall–Kier alpha value is -2.02. The van der Waals surface area contributed by atoms with Crippen molar-refractivity contribution in [3.63, 3.8) is 0 Å². The smallest absolute Gasteiger partial charge is 0.160 e. The second kappa shape index (κ2) is 6.12. The zero-order valence-corrected chi connectivity index (χ0v) is 14.7. The molecule has 24 heavy (non-hydrogen) atoms. The number of benzene rings is 1. The molecule has 0 bridgehead atoms. The molecule has 1 aromatic carbocycles. The molecule has 7 heteroatoms. The van der Waals surface area contributed by atoms with Crippen LogP contribution in [0.3, 0.4) is 0 Å². The van der Waals surface area contributed by atoms with Gasteiger partial charge in [0, 0.05) is 21.0 Å². The molecule has 3 aromatic rings. The van der Waals surface area contributed by atoms with E-state index in [4.69, 9.17) is 22.3 Å². The lowest BCUT2D eigenvalue weighted by Gasteiger charge is -2.08. The number of thiophene rings is 1. The Kier molecular flexibility index (Phi) is 3.96. The molecule has 0 fully saturated rings. The number of halogens is 1. The van der Waals surface area contributed by atoms with E-state index in [0.29, 0.717) is 13.1 Å². The van der Waals surface area contributed by atoms with Crippen LogP contribution >= 0.6 is 22.9 Å². The number of hydrogen-bond acceptors (Lipinski definition) is 5. The lowest BCUT2D eigenvalue weighted by atomic mass is 10.0. The summed E-state index contributed by atoms with van der Waals surface area (Å²) in [6, 6.07) is 10.0. The molecule has 2 N–H and O–H groups in total. The predicted octanol–water partition coefficient (Wildman–Crippen LogP) is 3.35. The van der Waals surface area contributed by atoms with E-state index in [1.54, 1.807) is 11.3 Å². The first kappa shape index (κ1) is 15.5. The van der Waals surface area contributed by atoms with Gasteiger partial charge in [-0.05, 0) is 24.6 Å². The van der Waals surface area contributed by atoms with Crippen molar-refractivity contribution in [3.05, 3.63) is 63.0 Å². The zero-order valence-electron chi connectivity index (χ0n) is 13.2. The van der Waals surface area contributed by atoms with Crippen LogP contribution in [0, 0.1) is 0 Å². The van der Waals surface area contributed by atoms with Crippen LogP contribution in [0.1, 0.15) is 34.6 Å². The van der Waals surface area contributed by atoms with E-state index >= 15 is 0 Å². The van der Waals surface area contributed by atoms with Crippen LogP contribution in [0.4, 0.5) is 0 Å². The highest BCUT2D eigenvalue weighted by Crippen LogP contribution is 2.33. The molecular formula is C17H16ClN5S. The van der Waals surface area contributed by atoms with Crippen LogP contribution in [-0.2, 0) is 19.5 Å². The molecule has 0 aliphatic carbocycles. The third-order valence-electron chi connectivity index (χ3n) is 4.05. The minimum absolute atomic E-state index is 0.349. The van der Waals surface area contributed by atoms with E-state index in [1.165, 1.54) is 4.88 Å². The van der Waals surface area contributed by atoms with Crippen LogP contribution in [0.2, 0.25) is 5.02 Å². The zero-order chi connectivity index (χ0) is 16.7. The molecule has 0 spiro atoms. The summed E-state index contributed by atoms with van der Waals surface area (Å²) >= 11 is 7.78. The summed E-state index contributed by atoms with van der Waals surface area (Å²) in [5.74, 6) is 1.59. The molecule has 122 valence electrons. The highest BCUT2D eigenvalue weighted by molar-refractivity contribution is 7.15. The van der Waals surface area contributed by atoms with E-state index < -0.39 is 0 Å². The monoisotopic (exact) mass is 357 g/mol. The Morgan fingerprint density at radius 1 is 1.25 bits per heavy atom. The first-order valence-electron chi connectivity index (χ1n) is 7.78. The van der Waals surface area contributed by atoms with Gasteiger partial charge in [0.1, 0.15) is 11.5 Å². The van der Waals surface area contributed by atoms with Crippen molar-refractivity contribution in [3.8, 4) is 5.00 Å². The normalized spacial score (nSPS) is 13.2. The molecule has 3 heterocycles. The molecule has 0 saturated carbocycles. The Bertz CT molecular complexity index is 923. The first-order chi connectivity index (χ1) is 11.7. The van der Waals surface area contributed by atoms with Gasteiger partial charge < -0.3 is 5.73 Å². The molecule has 5 nitrogen and oxygen atoms in total. The van der Waals surface area contributed by atoms with Gasteiger partial charge in [0.05, 0.1) is 12.3 Å². The average Bonchev–Trinajstić information content (AvgIpc) is 3.17. The van der Waals surface area contributed by atoms with Gasteiger partial charge in [-0.2, -0.15) is 0 Å². The number of nitrogens with two attached hydrogens (primary N) is 1. The number of nitrogens with zero attached hydrogens (tertiary/aromatic N) is 4. The molecule has 0 amide bonds. The second-order valence-corrected chi connectivity index (χ2v) is 7.08. The van der Waals surface area contributed by atoms with Crippen molar-refractivity contribution in [1.82, 2.24) is 14.8 Å². The van der Waals surface area contributed by atoms with Crippen molar-refractivity contribution >= 4 is 28.6 Å². The molecule has 1 aliphatic rings. The minimum Gasteiger partial charge on any atom is -0.324 e. The van der Waals surface area contributed by atoms with Gasteiger partial charge in [-0.25, -0.2) is 0 Å². The number of aliphatic imine (C=N–C) groups is 1. The van der Waals surface area contributed by atoms with Crippen molar-refractivity contribution in [2.45, 2.75) is 26.4 Å². The van der Waals surface area contributed by atoms with Crippen LogP contribution in [-0.4, -0.2) is 20.5 Å². The van der Waals surface area contributed by atoms with Crippen molar-refractivity contribution < 1.29 is 0 Å². The van der Waals surface area contributed by atoms with Gasteiger partial charge in [-0.15, -0.1) is 21.5 Å². The molecule has 0 unspecified atom stereocenters. The molecule has 0 atom stereocenters. The quantitative estimate of drug-likeness (QED) is 0.781. The van der Waals surface area contributed by atoms with E-state index in [9.17, 15) is 0 Å². The molecule has 2 aromatic heterocycles. The predicted molar refractivity (Wildman–Crippen MR) is 97.3 cm³/mol. The van der Waals surface area contributed by atoms with Crippen LogP contribution in [0.15, 0.2) is 35.3 Å². The largest absolute Gasteiger partial charge is 0.324 e. The van der Waals surface area contributed by atoms with Gasteiger partial charge in [0.25, 0.3) is 0 Å². The fourth-order valence-electron chi connectivity index (χ4n) is 2.85. The number of rotatable bonds is 3. The van der Waals surface area contributed by atoms with Crippen LogP contribution in [0.5, 0.6) is 0 Å². The van der Waals surface area contributed by atoms with Gasteiger partial charge >= 0.3 is 0 Å². The SMILES string of the molecule is CCc1cc2c(s1)-n1c(CN)nnc1CN=C2c1ccc(Cl)cc1. The van der Waals surface area contributed by atoms with Crippen molar-refractivity contribution in [1.29, 1.82) is 0 Å². The van der Waals surface area contributed by atoms with Gasteiger partial charge in [0.15, 0.2) is 11.6 Å². The number of aryl methyl sites for hydroxylation is 1. The van der Waals surface area contributed by atoms with Crippen molar-refractivity contribution in [2.24, 2.45) is 10.7 Å². The van der Waals surface area contributed by atoms with E-state index in [1.807, 2.05) is 24.3 Å². The number of fused-ring (bicyclic) bond motifs is 3. The number of hydrogen-bond donors (Lipinski definition) is 1. The molecule has 0 saturated heterocycles. The van der Waals surface area contributed by atoms with Gasteiger partial charge in [0.2, 0.25) is 0 Å². The van der Waals surface area contributed by atoms with Crippen LogP contribution < -0.4 is 5.73 Å². The third-order valence-corrected chi connectivity index (χ3v) is 5.56. The topological polar surface area (TPSA) is 69.1 Å². The molecule has 1 aliphatic heterocycles. The summed E-state index contributed by atoms with van der Waals surface area (Å²) in [4.78, 5) is 6.11. The fourth-order valence-corrected chi connectivity index (χ4v) is 4.12. The summed E-state index contributed by atoms with van der Waals surface area (Å²) in [7, 11) is 0. The maximum Gasteiger partial charge on any atom is 0.160 e. The molecule has 4 rings (SSSR count). The summed E-state index contributed by atoms with van der Waals surface area (Å²) in [6.45, 7) is 2.98. The lowest BCUT2D eigenvalue weighted by Crippen LogP contribution is -2.09. The van der Waals surface area contributed by atoms with Crippen LogP contribution in [0.25, 0.3) is 5.00 Å². The summed E-state index contributed by atoms with van der Waals surface area (Å²) in [5.41, 5.74) is 8.98. The van der Waals surface area contributed by atoms with Gasteiger partial charge in [-0.1, -0.05) is 30.7 Å². The summed E-state index contributed by atoms with van der Waals surface area (Å²) < 4.78 is 2.06. The van der Waals surface area contributed by atoms with E-state index in [2.05, 4.69) is 27.8 Å². The maximum atomic E-state index is 6.03. The minimum atomic E-state index is 0.349. The highest BCUT2D eigenvalue weighted by atomic mass is 35.5. The summed E-state index contributed by atoms with van der Waals surface area (Å²) in [6.07, 6.45) is 0.973.